The van der Waals surface area contributed by atoms with Crippen LogP contribution in [0.2, 0.25) is 0 Å². The number of fused-ring (bicyclic) bond motifs is 1. The molecule has 0 atom stereocenters. The van der Waals surface area contributed by atoms with Crippen LogP contribution in [0, 0.1) is 0 Å². The highest BCUT2D eigenvalue weighted by Crippen LogP contribution is 2.32. The molecule has 1 aromatic carbocycles. The van der Waals surface area contributed by atoms with Crippen molar-refractivity contribution in [2.45, 2.75) is 6.61 Å². The van der Waals surface area contributed by atoms with Gasteiger partial charge in [0.25, 0.3) is 0 Å². The molecule has 1 aromatic rings. The number of carbonyl (C=O) groups is 1. The minimum absolute atomic E-state index is 0.231. The van der Waals surface area contributed by atoms with Gasteiger partial charge in [0.2, 0.25) is 6.79 Å². The molecule has 2 rings (SSSR count). The molecule has 0 saturated heterocycles. The van der Waals surface area contributed by atoms with Gasteiger partial charge in [0, 0.05) is 0 Å². The van der Waals surface area contributed by atoms with Crippen molar-refractivity contribution in [1.82, 2.24) is 0 Å². The standard InChI is InChI=1S/C10H10O5/c11-10(12)5-13-4-7-1-2-8-9(3-7)15-6-14-8/h1-3H,4-6H2,(H,11,12). The molecule has 0 spiro atoms. The third-order valence-electron chi connectivity index (χ3n) is 1.93. The van der Waals surface area contributed by atoms with Gasteiger partial charge in [0.1, 0.15) is 6.61 Å². The Hall–Kier alpha value is -1.75. The monoisotopic (exact) mass is 210 g/mol. The Kier molecular flexibility index (Phi) is 2.73. The molecule has 1 heterocycles. The normalized spacial score (nSPS) is 12.8. The highest BCUT2D eigenvalue weighted by atomic mass is 16.7. The van der Waals surface area contributed by atoms with Crippen LogP contribution in [0.1, 0.15) is 5.56 Å². The third-order valence-corrected chi connectivity index (χ3v) is 1.93. The van der Waals surface area contributed by atoms with E-state index >= 15 is 0 Å². The lowest BCUT2D eigenvalue weighted by molar-refractivity contribution is -0.142. The van der Waals surface area contributed by atoms with E-state index in [2.05, 4.69) is 0 Å². The number of carboxylic acid groups (broad SMARTS) is 1. The molecular formula is C10H10O5. The molecule has 15 heavy (non-hydrogen) atoms. The highest BCUT2D eigenvalue weighted by Gasteiger charge is 2.13. The van der Waals surface area contributed by atoms with Crippen molar-refractivity contribution in [3.8, 4) is 11.5 Å². The molecular weight excluding hydrogens is 200 g/mol. The maximum Gasteiger partial charge on any atom is 0.329 e. The Balaban J connectivity index is 1.95. The summed E-state index contributed by atoms with van der Waals surface area (Å²) >= 11 is 0. The van der Waals surface area contributed by atoms with E-state index in [4.69, 9.17) is 19.3 Å². The molecule has 1 N–H and O–H groups in total. The third kappa shape index (κ3) is 2.38. The van der Waals surface area contributed by atoms with Crippen LogP contribution in [0.4, 0.5) is 0 Å². The van der Waals surface area contributed by atoms with Gasteiger partial charge in [-0.3, -0.25) is 0 Å². The Morgan fingerprint density at radius 1 is 1.40 bits per heavy atom. The summed E-state index contributed by atoms with van der Waals surface area (Å²) in [6.45, 7) is 0.187. The molecule has 1 aliphatic heterocycles. The summed E-state index contributed by atoms with van der Waals surface area (Å²) < 4.78 is 15.3. The molecule has 0 aromatic heterocycles. The summed E-state index contributed by atoms with van der Waals surface area (Å²) in [7, 11) is 0. The van der Waals surface area contributed by atoms with Crippen LogP contribution in [-0.4, -0.2) is 24.5 Å². The first-order valence-corrected chi connectivity index (χ1v) is 4.44. The first-order valence-electron chi connectivity index (χ1n) is 4.44. The number of hydrogen-bond acceptors (Lipinski definition) is 4. The molecule has 0 aliphatic carbocycles. The minimum Gasteiger partial charge on any atom is -0.480 e. The van der Waals surface area contributed by atoms with Gasteiger partial charge in [-0.1, -0.05) is 6.07 Å². The smallest absolute Gasteiger partial charge is 0.329 e. The van der Waals surface area contributed by atoms with E-state index in [-0.39, 0.29) is 20.0 Å². The van der Waals surface area contributed by atoms with Gasteiger partial charge < -0.3 is 19.3 Å². The Morgan fingerprint density at radius 2 is 2.20 bits per heavy atom. The summed E-state index contributed by atoms with van der Waals surface area (Å²) in [6, 6.07) is 5.38. The maximum absolute atomic E-state index is 10.2. The van der Waals surface area contributed by atoms with Crippen molar-refractivity contribution in [3.05, 3.63) is 23.8 Å². The predicted octanol–water partition coefficient (Wildman–Crippen LogP) is 1.02. The largest absolute Gasteiger partial charge is 0.480 e. The lowest BCUT2D eigenvalue weighted by atomic mass is 10.2. The van der Waals surface area contributed by atoms with Gasteiger partial charge >= 0.3 is 5.97 Å². The number of carboxylic acids is 1. The van der Waals surface area contributed by atoms with Crippen molar-refractivity contribution in [2.75, 3.05) is 13.4 Å². The van der Waals surface area contributed by atoms with Gasteiger partial charge in [-0.05, 0) is 17.7 Å². The zero-order valence-corrected chi connectivity index (χ0v) is 7.93. The van der Waals surface area contributed by atoms with Crippen molar-refractivity contribution >= 4 is 5.97 Å². The van der Waals surface area contributed by atoms with E-state index in [9.17, 15) is 4.79 Å². The number of ether oxygens (including phenoxy) is 3. The van der Waals surface area contributed by atoms with Crippen LogP contribution in [0.15, 0.2) is 18.2 Å². The lowest BCUT2D eigenvalue weighted by Crippen LogP contribution is -2.06. The summed E-state index contributed by atoms with van der Waals surface area (Å²) in [5.74, 6) is 0.402. The van der Waals surface area contributed by atoms with Crippen molar-refractivity contribution in [1.29, 1.82) is 0 Å². The Labute approximate surface area is 86.2 Å². The highest BCUT2D eigenvalue weighted by molar-refractivity contribution is 5.68. The number of benzene rings is 1. The second-order valence-electron chi connectivity index (χ2n) is 3.07. The van der Waals surface area contributed by atoms with E-state index < -0.39 is 5.97 Å². The zero-order valence-electron chi connectivity index (χ0n) is 7.93. The lowest BCUT2D eigenvalue weighted by Gasteiger charge is -2.02. The van der Waals surface area contributed by atoms with E-state index in [0.29, 0.717) is 11.5 Å². The van der Waals surface area contributed by atoms with Gasteiger partial charge in [0.15, 0.2) is 11.5 Å². The fraction of sp³-hybridized carbons (Fsp3) is 0.300. The minimum atomic E-state index is -0.976. The molecule has 0 amide bonds. The fourth-order valence-electron chi connectivity index (χ4n) is 1.29. The van der Waals surface area contributed by atoms with Gasteiger partial charge in [-0.2, -0.15) is 0 Å². The Morgan fingerprint density at radius 3 is 3.00 bits per heavy atom. The molecule has 0 radical (unpaired) electrons. The molecule has 5 heteroatoms. The molecule has 5 nitrogen and oxygen atoms in total. The average molecular weight is 210 g/mol. The second kappa shape index (κ2) is 4.18. The Bertz CT molecular complexity index is 374. The van der Waals surface area contributed by atoms with Gasteiger partial charge in [0.05, 0.1) is 6.61 Å². The van der Waals surface area contributed by atoms with Gasteiger partial charge in [-0.15, -0.1) is 0 Å². The molecule has 0 unspecified atom stereocenters. The zero-order chi connectivity index (χ0) is 10.7. The van der Waals surface area contributed by atoms with Gasteiger partial charge in [-0.25, -0.2) is 4.79 Å². The maximum atomic E-state index is 10.2. The van der Waals surface area contributed by atoms with E-state index in [1.165, 1.54) is 0 Å². The molecule has 0 fully saturated rings. The van der Waals surface area contributed by atoms with E-state index in [1.807, 2.05) is 6.07 Å². The van der Waals surface area contributed by atoms with E-state index in [0.717, 1.165) is 5.56 Å². The average Bonchev–Trinajstić information content (AvgIpc) is 2.64. The summed E-state index contributed by atoms with van der Waals surface area (Å²) in [6.07, 6.45) is 0. The molecule has 80 valence electrons. The summed E-state index contributed by atoms with van der Waals surface area (Å²) in [5.41, 5.74) is 0.862. The van der Waals surface area contributed by atoms with E-state index in [1.54, 1.807) is 12.1 Å². The number of hydrogen-bond donors (Lipinski definition) is 1. The second-order valence-corrected chi connectivity index (χ2v) is 3.07. The van der Waals surface area contributed by atoms with Crippen LogP contribution in [0.3, 0.4) is 0 Å². The topological polar surface area (TPSA) is 65.0 Å². The first-order chi connectivity index (χ1) is 7.25. The molecule has 0 saturated carbocycles. The quantitative estimate of drug-likeness (QED) is 0.803. The SMILES string of the molecule is O=C(O)COCc1ccc2c(c1)OCO2. The van der Waals surface area contributed by atoms with Crippen LogP contribution < -0.4 is 9.47 Å². The fourth-order valence-corrected chi connectivity index (χ4v) is 1.29. The predicted molar refractivity (Wildman–Crippen MR) is 49.9 cm³/mol. The summed E-state index contributed by atoms with van der Waals surface area (Å²) in [5, 5.41) is 8.38. The number of aliphatic carboxylic acids is 1. The molecule has 0 bridgehead atoms. The van der Waals surface area contributed by atoms with Crippen molar-refractivity contribution in [3.63, 3.8) is 0 Å². The summed E-state index contributed by atoms with van der Waals surface area (Å²) in [4.78, 5) is 10.2. The van der Waals surface area contributed by atoms with Crippen LogP contribution >= 0.6 is 0 Å². The first kappa shape index (κ1) is 9.79. The van der Waals surface area contributed by atoms with Crippen LogP contribution in [0.25, 0.3) is 0 Å². The van der Waals surface area contributed by atoms with Crippen molar-refractivity contribution < 1.29 is 24.1 Å². The van der Waals surface area contributed by atoms with Crippen LogP contribution in [0.5, 0.6) is 11.5 Å². The van der Waals surface area contributed by atoms with Crippen molar-refractivity contribution in [2.24, 2.45) is 0 Å². The number of rotatable bonds is 4. The molecule has 1 aliphatic rings. The van der Waals surface area contributed by atoms with Crippen LogP contribution in [-0.2, 0) is 16.1 Å².